The summed E-state index contributed by atoms with van der Waals surface area (Å²) in [5.41, 5.74) is 1.70. The second-order valence-corrected chi connectivity index (χ2v) is 3.99. The van der Waals surface area contributed by atoms with Crippen molar-refractivity contribution in [2.75, 3.05) is 13.2 Å². The Balaban J connectivity index is 2.15. The van der Waals surface area contributed by atoms with Crippen LogP contribution in [-0.4, -0.2) is 24.3 Å². The van der Waals surface area contributed by atoms with Crippen LogP contribution in [0.3, 0.4) is 0 Å². The molecular formula is C12H16FNO. The van der Waals surface area contributed by atoms with Gasteiger partial charge in [0.1, 0.15) is 5.82 Å². The predicted molar refractivity (Wildman–Crippen MR) is 57.3 cm³/mol. The van der Waals surface area contributed by atoms with E-state index in [-0.39, 0.29) is 12.4 Å². The summed E-state index contributed by atoms with van der Waals surface area (Å²) < 4.78 is 13.5. The van der Waals surface area contributed by atoms with Crippen LogP contribution in [0.25, 0.3) is 0 Å². The van der Waals surface area contributed by atoms with Gasteiger partial charge in [-0.1, -0.05) is 12.1 Å². The molecule has 1 aliphatic heterocycles. The third kappa shape index (κ3) is 2.36. The fourth-order valence-corrected chi connectivity index (χ4v) is 1.97. The Bertz CT molecular complexity index is 336. The molecule has 0 aromatic heterocycles. The van der Waals surface area contributed by atoms with E-state index in [4.69, 9.17) is 5.11 Å². The molecule has 0 aliphatic carbocycles. The molecule has 1 atom stereocenters. The zero-order valence-electron chi connectivity index (χ0n) is 8.67. The van der Waals surface area contributed by atoms with Gasteiger partial charge in [-0.05, 0) is 43.0 Å². The molecule has 1 heterocycles. The summed E-state index contributed by atoms with van der Waals surface area (Å²) in [4.78, 5) is 0. The van der Waals surface area contributed by atoms with Crippen LogP contribution in [0.1, 0.15) is 17.5 Å². The van der Waals surface area contributed by atoms with Crippen LogP contribution in [0.2, 0.25) is 0 Å². The lowest BCUT2D eigenvalue weighted by Crippen LogP contribution is -2.44. The monoisotopic (exact) mass is 209 g/mol. The Morgan fingerprint density at radius 1 is 1.47 bits per heavy atom. The molecule has 2 nitrogen and oxygen atoms in total. The molecule has 0 unspecified atom stereocenters. The summed E-state index contributed by atoms with van der Waals surface area (Å²) in [7, 11) is 0. The van der Waals surface area contributed by atoms with Crippen molar-refractivity contribution in [3.63, 3.8) is 0 Å². The number of halogens is 1. The van der Waals surface area contributed by atoms with Gasteiger partial charge in [-0.2, -0.15) is 0 Å². The topological polar surface area (TPSA) is 32.3 Å². The summed E-state index contributed by atoms with van der Waals surface area (Å²) in [5, 5.41) is 12.2. The maximum absolute atomic E-state index is 13.5. The van der Waals surface area contributed by atoms with Gasteiger partial charge < -0.3 is 10.4 Å². The molecule has 2 N–H and O–H groups in total. The van der Waals surface area contributed by atoms with Gasteiger partial charge in [-0.3, -0.25) is 0 Å². The summed E-state index contributed by atoms with van der Waals surface area (Å²) in [6.45, 7) is 1.07. The molecule has 1 aliphatic rings. The Morgan fingerprint density at radius 3 is 2.87 bits per heavy atom. The van der Waals surface area contributed by atoms with Gasteiger partial charge in [0.25, 0.3) is 0 Å². The minimum Gasteiger partial charge on any atom is -0.396 e. The first-order valence-corrected chi connectivity index (χ1v) is 5.42. The number of aliphatic hydroxyl groups excluding tert-OH is 1. The highest BCUT2D eigenvalue weighted by Gasteiger charge is 2.18. The first-order chi connectivity index (χ1) is 7.31. The minimum atomic E-state index is -0.194. The quantitative estimate of drug-likeness (QED) is 0.782. The molecule has 0 spiro atoms. The molecule has 1 fully saturated rings. The minimum absolute atomic E-state index is 0.00598. The van der Waals surface area contributed by atoms with Crippen LogP contribution in [0.15, 0.2) is 18.2 Å². The van der Waals surface area contributed by atoms with Gasteiger partial charge in [0.2, 0.25) is 0 Å². The molecule has 0 amide bonds. The molecule has 0 bridgehead atoms. The van der Waals surface area contributed by atoms with Crippen LogP contribution in [-0.2, 0) is 12.8 Å². The number of nitrogens with one attached hydrogen (secondary N) is 1. The van der Waals surface area contributed by atoms with Crippen molar-refractivity contribution in [1.82, 2.24) is 5.32 Å². The van der Waals surface area contributed by atoms with E-state index in [1.165, 1.54) is 6.07 Å². The molecule has 1 saturated heterocycles. The van der Waals surface area contributed by atoms with E-state index in [1.54, 1.807) is 6.07 Å². The summed E-state index contributed by atoms with van der Waals surface area (Å²) in [6, 6.07) is 5.64. The predicted octanol–water partition coefficient (Wildman–Crippen LogP) is 1.26. The zero-order chi connectivity index (χ0) is 10.7. The molecule has 15 heavy (non-hydrogen) atoms. The van der Waals surface area contributed by atoms with E-state index in [2.05, 4.69) is 5.32 Å². The maximum Gasteiger partial charge on any atom is 0.126 e. The molecule has 82 valence electrons. The largest absolute Gasteiger partial charge is 0.396 e. The van der Waals surface area contributed by atoms with Crippen LogP contribution in [0, 0.1) is 5.82 Å². The smallest absolute Gasteiger partial charge is 0.126 e. The van der Waals surface area contributed by atoms with E-state index in [9.17, 15) is 4.39 Å². The molecule has 1 aromatic carbocycles. The highest BCUT2D eigenvalue weighted by molar-refractivity contribution is 5.30. The van der Waals surface area contributed by atoms with E-state index in [1.807, 2.05) is 6.07 Å². The highest BCUT2D eigenvalue weighted by atomic mass is 19.1. The molecule has 2 rings (SSSR count). The van der Waals surface area contributed by atoms with E-state index >= 15 is 0 Å². The van der Waals surface area contributed by atoms with Crippen molar-refractivity contribution < 1.29 is 9.50 Å². The molecule has 1 aromatic rings. The summed E-state index contributed by atoms with van der Waals surface area (Å²) in [6.07, 6.45) is 2.44. The lowest BCUT2D eigenvalue weighted by Gasteiger charge is -2.28. The maximum atomic E-state index is 13.5. The van der Waals surface area contributed by atoms with E-state index in [0.717, 1.165) is 24.9 Å². The lowest BCUT2D eigenvalue weighted by atomic mass is 9.93. The Hall–Kier alpha value is -0.930. The van der Waals surface area contributed by atoms with Gasteiger partial charge in [0.05, 0.1) is 0 Å². The Kier molecular flexibility index (Phi) is 3.34. The number of hydrogen-bond donors (Lipinski definition) is 2. The van der Waals surface area contributed by atoms with Gasteiger partial charge in [-0.25, -0.2) is 4.39 Å². The molecule has 0 radical (unpaired) electrons. The van der Waals surface area contributed by atoms with Crippen molar-refractivity contribution in [3.05, 3.63) is 35.1 Å². The number of hydrogen-bond acceptors (Lipinski definition) is 2. The van der Waals surface area contributed by atoms with Gasteiger partial charge in [-0.15, -0.1) is 0 Å². The second-order valence-electron chi connectivity index (χ2n) is 3.99. The average molecular weight is 209 g/mol. The summed E-state index contributed by atoms with van der Waals surface area (Å²) >= 11 is 0. The number of rotatable bonds is 4. The molecular weight excluding hydrogens is 193 g/mol. The van der Waals surface area contributed by atoms with E-state index < -0.39 is 0 Å². The number of benzene rings is 1. The third-order valence-corrected chi connectivity index (χ3v) is 2.97. The van der Waals surface area contributed by atoms with Crippen LogP contribution in [0.4, 0.5) is 4.39 Å². The SMILES string of the molecule is OCCc1c(F)cccc1C[C@@H]1CCN1. The van der Waals surface area contributed by atoms with Gasteiger partial charge in [0, 0.05) is 12.6 Å². The third-order valence-electron chi connectivity index (χ3n) is 2.97. The lowest BCUT2D eigenvalue weighted by molar-refractivity contribution is 0.296. The van der Waals surface area contributed by atoms with Crippen molar-refractivity contribution in [1.29, 1.82) is 0 Å². The normalized spacial score (nSPS) is 20.0. The Labute approximate surface area is 89.1 Å². The van der Waals surface area contributed by atoms with Crippen molar-refractivity contribution in [3.8, 4) is 0 Å². The summed E-state index contributed by atoms with van der Waals surface area (Å²) in [5.74, 6) is -0.194. The number of aliphatic hydroxyl groups is 1. The van der Waals surface area contributed by atoms with Crippen LogP contribution < -0.4 is 5.32 Å². The zero-order valence-corrected chi connectivity index (χ0v) is 8.67. The fourth-order valence-electron chi connectivity index (χ4n) is 1.97. The molecule has 3 heteroatoms. The Morgan fingerprint density at radius 2 is 2.27 bits per heavy atom. The second kappa shape index (κ2) is 4.73. The average Bonchev–Trinajstić information content (AvgIpc) is 2.16. The standard InChI is InChI=1S/C12H16FNO/c13-12-3-1-2-9(11(12)5-7-15)8-10-4-6-14-10/h1-3,10,14-15H,4-8H2/t10-/m0/s1. The highest BCUT2D eigenvalue weighted by Crippen LogP contribution is 2.18. The van der Waals surface area contributed by atoms with Gasteiger partial charge >= 0.3 is 0 Å². The van der Waals surface area contributed by atoms with Crippen molar-refractivity contribution in [2.45, 2.75) is 25.3 Å². The van der Waals surface area contributed by atoms with Crippen molar-refractivity contribution in [2.24, 2.45) is 0 Å². The van der Waals surface area contributed by atoms with Crippen molar-refractivity contribution >= 4 is 0 Å². The van der Waals surface area contributed by atoms with E-state index in [0.29, 0.717) is 18.0 Å². The molecule has 0 saturated carbocycles. The van der Waals surface area contributed by atoms with Crippen LogP contribution >= 0.6 is 0 Å². The first-order valence-electron chi connectivity index (χ1n) is 5.42. The van der Waals surface area contributed by atoms with Gasteiger partial charge in [0.15, 0.2) is 0 Å². The first kappa shape index (κ1) is 10.6. The fraction of sp³-hybridized carbons (Fsp3) is 0.500. The van der Waals surface area contributed by atoms with Crippen LogP contribution in [0.5, 0.6) is 0 Å².